The minimum atomic E-state index is -5.08. The van der Waals surface area contributed by atoms with E-state index in [0.717, 1.165) is 45.9 Å². The summed E-state index contributed by atoms with van der Waals surface area (Å²) in [5, 5.41) is 14.2. The van der Waals surface area contributed by atoms with Crippen molar-refractivity contribution in [1.82, 2.24) is 14.8 Å². The fourth-order valence-electron chi connectivity index (χ4n) is 5.08. The number of halogens is 6. The third-order valence-corrected chi connectivity index (χ3v) is 6.60. The van der Waals surface area contributed by atoms with E-state index in [1.54, 1.807) is 11.1 Å². The van der Waals surface area contributed by atoms with Crippen LogP contribution in [0, 0.1) is 5.92 Å². The Morgan fingerprint density at radius 2 is 1.41 bits per heavy atom. The predicted molar refractivity (Wildman–Crippen MR) is 125 cm³/mol. The Bertz CT molecular complexity index is 1090. The number of ether oxygens (including phenoxy) is 1. The Morgan fingerprint density at radius 1 is 0.872 bits per heavy atom. The number of likely N-dealkylation sites (tertiary alicyclic amines) is 1. The highest BCUT2D eigenvalue weighted by Crippen LogP contribution is 2.51. The van der Waals surface area contributed by atoms with Gasteiger partial charge in [0.05, 0.1) is 18.9 Å². The number of aromatic nitrogens is 1. The van der Waals surface area contributed by atoms with Crippen LogP contribution in [0.3, 0.4) is 0 Å². The molecular formula is C25H27F6N3O5. The van der Waals surface area contributed by atoms with Gasteiger partial charge in [-0.3, -0.25) is 14.8 Å². The summed E-state index contributed by atoms with van der Waals surface area (Å²) in [5.74, 6) is -4.16. The second-order valence-corrected chi connectivity index (χ2v) is 9.11. The first-order valence-corrected chi connectivity index (χ1v) is 11.9. The van der Waals surface area contributed by atoms with Crippen molar-refractivity contribution in [3.63, 3.8) is 0 Å². The van der Waals surface area contributed by atoms with E-state index in [1.807, 2.05) is 12.3 Å². The lowest BCUT2D eigenvalue weighted by molar-refractivity contribution is -0.193. The number of hydrogen-bond acceptors (Lipinski definition) is 6. The molecule has 2 N–H and O–H groups in total. The summed E-state index contributed by atoms with van der Waals surface area (Å²) in [6, 6.07) is 15.9. The quantitative estimate of drug-likeness (QED) is 0.542. The lowest BCUT2D eigenvalue weighted by Gasteiger charge is -2.36. The van der Waals surface area contributed by atoms with Crippen molar-refractivity contribution in [2.45, 2.75) is 30.9 Å². The molecular weight excluding hydrogens is 536 g/mol. The summed E-state index contributed by atoms with van der Waals surface area (Å²) in [4.78, 5) is 27.6. The summed E-state index contributed by atoms with van der Waals surface area (Å²) in [5.41, 5.74) is 4.32. The number of carbonyl (C=O) groups is 2. The van der Waals surface area contributed by atoms with Gasteiger partial charge in [-0.2, -0.15) is 26.3 Å². The molecule has 1 aliphatic carbocycles. The zero-order valence-electron chi connectivity index (χ0n) is 20.5. The average Bonchev–Trinajstić information content (AvgIpc) is 3.41. The van der Waals surface area contributed by atoms with Crippen LogP contribution in [0.4, 0.5) is 26.3 Å². The predicted octanol–water partition coefficient (Wildman–Crippen LogP) is 3.95. The molecule has 0 radical (unpaired) electrons. The number of benzene rings is 1. The monoisotopic (exact) mass is 563 g/mol. The number of morpholine rings is 1. The summed E-state index contributed by atoms with van der Waals surface area (Å²) < 4.78 is 69.1. The van der Waals surface area contributed by atoms with Crippen molar-refractivity contribution in [1.29, 1.82) is 0 Å². The van der Waals surface area contributed by atoms with Gasteiger partial charge in [0.15, 0.2) is 0 Å². The van der Waals surface area contributed by atoms with Crippen LogP contribution in [0.25, 0.3) is 0 Å². The molecule has 8 nitrogen and oxygen atoms in total. The average molecular weight is 563 g/mol. The Balaban J connectivity index is 0.000000251. The summed E-state index contributed by atoms with van der Waals surface area (Å²) in [6.07, 6.45) is -8.27. The number of aliphatic carboxylic acids is 2. The number of carboxylic acid groups (broad SMARTS) is 2. The van der Waals surface area contributed by atoms with E-state index in [1.165, 1.54) is 5.69 Å². The molecule has 0 bridgehead atoms. The molecule has 14 heteroatoms. The van der Waals surface area contributed by atoms with Crippen LogP contribution in [0.15, 0.2) is 48.7 Å². The van der Waals surface area contributed by atoms with Crippen LogP contribution in [-0.2, 0) is 20.9 Å². The van der Waals surface area contributed by atoms with Crippen LogP contribution in [0.1, 0.15) is 28.8 Å². The van der Waals surface area contributed by atoms with Gasteiger partial charge in [0.1, 0.15) is 0 Å². The molecule has 0 amide bonds. The van der Waals surface area contributed by atoms with Gasteiger partial charge in [0, 0.05) is 50.9 Å². The molecule has 2 aromatic rings. The Hall–Kier alpha value is -3.23. The van der Waals surface area contributed by atoms with Gasteiger partial charge in [-0.1, -0.05) is 30.3 Å². The van der Waals surface area contributed by atoms with Gasteiger partial charge in [-0.15, -0.1) is 0 Å². The Labute approximate surface area is 219 Å². The van der Waals surface area contributed by atoms with E-state index in [4.69, 9.17) is 24.5 Å². The van der Waals surface area contributed by atoms with Crippen molar-refractivity contribution in [2.75, 3.05) is 39.4 Å². The number of fused-ring (bicyclic) bond motifs is 3. The Kier molecular flexibility index (Phi) is 9.91. The van der Waals surface area contributed by atoms with Crippen LogP contribution in [0.2, 0.25) is 0 Å². The molecule has 0 saturated carbocycles. The van der Waals surface area contributed by atoms with Gasteiger partial charge in [0.2, 0.25) is 0 Å². The maximum atomic E-state index is 10.6. The topological polar surface area (TPSA) is 103 Å². The van der Waals surface area contributed by atoms with Crippen molar-refractivity contribution >= 4 is 11.9 Å². The molecule has 3 aliphatic rings. The van der Waals surface area contributed by atoms with E-state index in [9.17, 15) is 26.3 Å². The van der Waals surface area contributed by atoms with Crippen LogP contribution < -0.4 is 0 Å². The van der Waals surface area contributed by atoms with Crippen molar-refractivity contribution in [3.8, 4) is 0 Å². The molecule has 214 valence electrons. The minimum Gasteiger partial charge on any atom is -0.475 e. The van der Waals surface area contributed by atoms with Crippen molar-refractivity contribution in [2.24, 2.45) is 5.92 Å². The van der Waals surface area contributed by atoms with Gasteiger partial charge in [-0.05, 0) is 29.2 Å². The van der Waals surface area contributed by atoms with Crippen LogP contribution in [0.5, 0.6) is 0 Å². The molecule has 3 heterocycles. The van der Waals surface area contributed by atoms with Crippen molar-refractivity contribution < 1.29 is 50.9 Å². The fraction of sp³-hybridized carbons (Fsp3) is 0.480. The summed E-state index contributed by atoms with van der Waals surface area (Å²) in [6.45, 7) is 7.13. The van der Waals surface area contributed by atoms with E-state index in [-0.39, 0.29) is 0 Å². The summed E-state index contributed by atoms with van der Waals surface area (Å²) in [7, 11) is 0. The van der Waals surface area contributed by atoms with E-state index >= 15 is 0 Å². The van der Waals surface area contributed by atoms with Gasteiger partial charge < -0.3 is 14.9 Å². The number of pyridine rings is 1. The molecule has 2 fully saturated rings. The van der Waals surface area contributed by atoms with Crippen molar-refractivity contribution in [3.05, 3.63) is 65.5 Å². The SMILES string of the molecule is O=C(O)C(F)(F)F.O=C(O)C(F)(F)F.c1ccc(CN2C[C@H]3[C@@H](C2)c2ccccc2[C@@H]3N2CCOCC2)nc1. The first kappa shape index (κ1) is 30.3. The fourth-order valence-corrected chi connectivity index (χ4v) is 5.08. The molecule has 0 unspecified atom stereocenters. The first-order chi connectivity index (χ1) is 18.3. The highest BCUT2D eigenvalue weighted by Gasteiger charge is 2.48. The highest BCUT2D eigenvalue weighted by molar-refractivity contribution is 5.73. The normalized spacial score (nSPS) is 23.0. The first-order valence-electron chi connectivity index (χ1n) is 11.9. The van der Waals surface area contributed by atoms with Gasteiger partial charge in [-0.25, -0.2) is 9.59 Å². The number of alkyl halides is 6. The van der Waals surface area contributed by atoms with E-state index in [0.29, 0.717) is 17.9 Å². The maximum absolute atomic E-state index is 10.6. The molecule has 5 rings (SSSR count). The second-order valence-electron chi connectivity index (χ2n) is 9.11. The lowest BCUT2D eigenvalue weighted by Crippen LogP contribution is -2.41. The van der Waals surface area contributed by atoms with E-state index < -0.39 is 24.3 Å². The van der Waals surface area contributed by atoms with Gasteiger partial charge in [0.25, 0.3) is 0 Å². The molecule has 2 aliphatic heterocycles. The largest absolute Gasteiger partial charge is 0.490 e. The molecule has 1 aromatic heterocycles. The van der Waals surface area contributed by atoms with Crippen LogP contribution in [-0.4, -0.2) is 88.7 Å². The Morgan fingerprint density at radius 3 is 1.92 bits per heavy atom. The number of nitrogens with zero attached hydrogens (tertiary/aromatic N) is 3. The van der Waals surface area contributed by atoms with E-state index in [2.05, 4.69) is 51.2 Å². The third kappa shape index (κ3) is 8.13. The molecule has 3 atom stereocenters. The van der Waals surface area contributed by atoms with Gasteiger partial charge >= 0.3 is 24.3 Å². The molecule has 1 aromatic carbocycles. The molecule has 2 saturated heterocycles. The smallest absolute Gasteiger partial charge is 0.475 e. The standard InChI is InChI=1S/C21H25N3O.2C2HF3O2/c1-2-7-18-17(6-1)19-14-23(13-16-5-3-4-8-22-16)15-20(19)21(18)24-9-11-25-12-10-24;2*3-2(4,5)1(6)7/h1-8,19-21H,9-15H2;2*(H,6,7)/t19-,20-,21-;;/m0../s1. The summed E-state index contributed by atoms with van der Waals surface area (Å²) >= 11 is 0. The number of hydrogen-bond donors (Lipinski definition) is 2. The zero-order valence-corrected chi connectivity index (χ0v) is 20.5. The number of carboxylic acids is 2. The second kappa shape index (κ2) is 12.7. The zero-order chi connectivity index (χ0) is 28.8. The maximum Gasteiger partial charge on any atom is 0.490 e. The van der Waals surface area contributed by atoms with Crippen LogP contribution >= 0.6 is 0 Å². The lowest BCUT2D eigenvalue weighted by atomic mass is 9.93. The highest BCUT2D eigenvalue weighted by atomic mass is 19.4. The molecule has 39 heavy (non-hydrogen) atoms. The minimum absolute atomic E-state index is 0.554. The third-order valence-electron chi connectivity index (χ3n) is 6.60. The number of rotatable bonds is 3. The molecule has 0 spiro atoms.